The van der Waals surface area contributed by atoms with E-state index in [4.69, 9.17) is 5.11 Å². The smallest absolute Gasteiger partial charge is 0.317 e. The molecule has 0 amide bonds. The molecule has 2 aliphatic rings. The van der Waals surface area contributed by atoms with E-state index in [0.29, 0.717) is 18.6 Å². The highest BCUT2D eigenvalue weighted by Gasteiger charge is 2.30. The highest BCUT2D eigenvalue weighted by atomic mass is 16.4. The van der Waals surface area contributed by atoms with Gasteiger partial charge >= 0.3 is 5.97 Å². The topological polar surface area (TPSA) is 58.4 Å². The van der Waals surface area contributed by atoms with Gasteiger partial charge in [-0.1, -0.05) is 12.8 Å². The molecule has 3 rings (SSSR count). The number of nitrogens with zero attached hydrogens (tertiary/aromatic N) is 3. The lowest BCUT2D eigenvalue weighted by atomic mass is 10.3. The van der Waals surface area contributed by atoms with Crippen molar-refractivity contribution in [3.05, 3.63) is 18.0 Å². The average molecular weight is 263 g/mol. The Labute approximate surface area is 113 Å². The van der Waals surface area contributed by atoms with Crippen molar-refractivity contribution in [2.75, 3.05) is 6.54 Å². The second-order valence-electron chi connectivity index (χ2n) is 5.76. The predicted molar refractivity (Wildman–Crippen MR) is 70.8 cm³/mol. The normalized spacial score (nSPS) is 20.3. The van der Waals surface area contributed by atoms with E-state index in [-0.39, 0.29) is 6.54 Å². The quantitative estimate of drug-likeness (QED) is 0.853. The Balaban J connectivity index is 1.63. The summed E-state index contributed by atoms with van der Waals surface area (Å²) in [6.07, 6.45) is 9.34. The summed E-state index contributed by atoms with van der Waals surface area (Å²) in [6.45, 7) is 0.789. The van der Waals surface area contributed by atoms with E-state index in [0.717, 1.165) is 18.5 Å². The first-order valence-electron chi connectivity index (χ1n) is 7.22. The van der Waals surface area contributed by atoms with Crippen LogP contribution in [0.1, 0.15) is 50.3 Å². The zero-order chi connectivity index (χ0) is 13.2. The van der Waals surface area contributed by atoms with E-state index in [1.54, 1.807) is 0 Å². The highest BCUT2D eigenvalue weighted by molar-refractivity contribution is 5.69. The van der Waals surface area contributed by atoms with Crippen LogP contribution in [0.2, 0.25) is 0 Å². The van der Waals surface area contributed by atoms with Crippen LogP contribution < -0.4 is 0 Å². The summed E-state index contributed by atoms with van der Waals surface area (Å²) in [5.74, 6) is -0.748. The van der Waals surface area contributed by atoms with Crippen molar-refractivity contribution >= 4 is 5.97 Å². The van der Waals surface area contributed by atoms with Gasteiger partial charge in [0.15, 0.2) is 0 Å². The zero-order valence-electron chi connectivity index (χ0n) is 11.2. The minimum atomic E-state index is -0.748. The molecule has 0 unspecified atom stereocenters. The highest BCUT2D eigenvalue weighted by Crippen LogP contribution is 2.30. The third kappa shape index (κ3) is 3.15. The van der Waals surface area contributed by atoms with Crippen LogP contribution >= 0.6 is 0 Å². The minimum absolute atomic E-state index is 0.126. The molecule has 1 heterocycles. The fourth-order valence-electron chi connectivity index (χ4n) is 2.97. The molecule has 0 bridgehead atoms. The van der Waals surface area contributed by atoms with Crippen molar-refractivity contribution in [2.45, 2.75) is 57.2 Å². The molecule has 1 aromatic rings. The van der Waals surface area contributed by atoms with Gasteiger partial charge in [-0.15, -0.1) is 0 Å². The zero-order valence-corrected chi connectivity index (χ0v) is 11.2. The van der Waals surface area contributed by atoms with Gasteiger partial charge in [0.1, 0.15) is 0 Å². The molecule has 2 aliphatic carbocycles. The van der Waals surface area contributed by atoms with Gasteiger partial charge in [0, 0.05) is 18.8 Å². The van der Waals surface area contributed by atoms with Gasteiger partial charge in [0.25, 0.3) is 0 Å². The molecule has 1 N–H and O–H groups in total. The van der Waals surface area contributed by atoms with Crippen molar-refractivity contribution in [3.8, 4) is 0 Å². The Hall–Kier alpha value is -1.36. The number of carboxylic acid groups (broad SMARTS) is 1. The Morgan fingerprint density at radius 2 is 2.11 bits per heavy atom. The maximum Gasteiger partial charge on any atom is 0.317 e. The molecule has 2 saturated carbocycles. The Bertz CT molecular complexity index is 447. The van der Waals surface area contributed by atoms with Crippen LogP contribution in [-0.2, 0) is 11.3 Å². The number of aliphatic carboxylic acids is 1. The first-order valence-corrected chi connectivity index (χ1v) is 7.22. The average Bonchev–Trinajstić information content (AvgIpc) is 2.89. The molecular weight excluding hydrogens is 242 g/mol. The van der Waals surface area contributed by atoms with E-state index < -0.39 is 5.97 Å². The van der Waals surface area contributed by atoms with Gasteiger partial charge in [0.05, 0.1) is 18.3 Å². The Kier molecular flexibility index (Phi) is 3.55. The van der Waals surface area contributed by atoms with Crippen molar-refractivity contribution < 1.29 is 9.90 Å². The SMILES string of the molecule is O=C(O)CN(Cc1ccn(C2CCCC2)n1)C1CC1. The first-order chi connectivity index (χ1) is 9.22. The summed E-state index contributed by atoms with van der Waals surface area (Å²) in [5, 5.41) is 13.6. The first kappa shape index (κ1) is 12.7. The van der Waals surface area contributed by atoms with Gasteiger partial charge in [-0.2, -0.15) is 5.10 Å². The number of hydrogen-bond acceptors (Lipinski definition) is 3. The van der Waals surface area contributed by atoms with Crippen LogP contribution in [0.15, 0.2) is 12.3 Å². The molecule has 0 spiro atoms. The number of aromatic nitrogens is 2. The van der Waals surface area contributed by atoms with E-state index in [1.165, 1.54) is 25.7 Å². The van der Waals surface area contributed by atoms with Gasteiger partial charge in [-0.3, -0.25) is 14.4 Å². The van der Waals surface area contributed by atoms with E-state index in [1.807, 2.05) is 11.0 Å². The van der Waals surface area contributed by atoms with E-state index >= 15 is 0 Å². The van der Waals surface area contributed by atoms with Gasteiger partial charge in [0.2, 0.25) is 0 Å². The van der Waals surface area contributed by atoms with Crippen LogP contribution in [0.3, 0.4) is 0 Å². The summed E-state index contributed by atoms with van der Waals surface area (Å²) in [5.41, 5.74) is 1.00. The molecule has 0 aromatic carbocycles. The third-order valence-electron chi connectivity index (χ3n) is 4.13. The standard InChI is InChI=1S/C14H21N3O2/c18-14(19)10-16(12-5-6-12)9-11-7-8-17(15-11)13-3-1-2-4-13/h7-8,12-13H,1-6,9-10H2,(H,18,19). The summed E-state index contributed by atoms with van der Waals surface area (Å²) in [6, 6.07) is 3.05. The molecule has 0 radical (unpaired) electrons. The number of carbonyl (C=O) groups is 1. The monoisotopic (exact) mass is 263 g/mol. The summed E-state index contributed by atoms with van der Waals surface area (Å²) in [7, 11) is 0. The van der Waals surface area contributed by atoms with Gasteiger partial charge < -0.3 is 5.11 Å². The second kappa shape index (κ2) is 5.33. The molecule has 1 aromatic heterocycles. The summed E-state index contributed by atoms with van der Waals surface area (Å²) in [4.78, 5) is 12.9. The molecule has 2 fully saturated rings. The van der Waals surface area contributed by atoms with Gasteiger partial charge in [-0.05, 0) is 31.7 Å². The summed E-state index contributed by atoms with van der Waals surface area (Å²) >= 11 is 0. The van der Waals surface area contributed by atoms with Crippen LogP contribution in [0.5, 0.6) is 0 Å². The number of rotatable bonds is 6. The maximum absolute atomic E-state index is 10.9. The van der Waals surface area contributed by atoms with Crippen molar-refractivity contribution in [2.24, 2.45) is 0 Å². The van der Waals surface area contributed by atoms with Crippen molar-refractivity contribution in [1.29, 1.82) is 0 Å². The fourth-order valence-corrected chi connectivity index (χ4v) is 2.97. The van der Waals surface area contributed by atoms with Crippen molar-refractivity contribution in [3.63, 3.8) is 0 Å². The van der Waals surface area contributed by atoms with Crippen LogP contribution in [0.25, 0.3) is 0 Å². The predicted octanol–water partition coefficient (Wildman–Crippen LogP) is 2.05. The lowest BCUT2D eigenvalue weighted by Crippen LogP contribution is -2.31. The number of carboxylic acids is 1. The Morgan fingerprint density at radius 3 is 2.74 bits per heavy atom. The van der Waals surface area contributed by atoms with E-state index in [2.05, 4.69) is 16.0 Å². The molecule has 5 nitrogen and oxygen atoms in total. The molecule has 0 aliphatic heterocycles. The molecule has 104 valence electrons. The van der Waals surface area contributed by atoms with Crippen LogP contribution in [0.4, 0.5) is 0 Å². The minimum Gasteiger partial charge on any atom is -0.480 e. The lowest BCUT2D eigenvalue weighted by molar-refractivity contribution is -0.138. The molecule has 19 heavy (non-hydrogen) atoms. The number of hydrogen-bond donors (Lipinski definition) is 1. The Morgan fingerprint density at radius 1 is 1.37 bits per heavy atom. The lowest BCUT2D eigenvalue weighted by Gasteiger charge is -2.18. The fraction of sp³-hybridized carbons (Fsp3) is 0.714. The second-order valence-corrected chi connectivity index (χ2v) is 5.76. The third-order valence-corrected chi connectivity index (χ3v) is 4.13. The summed E-state index contributed by atoms with van der Waals surface area (Å²) < 4.78 is 2.08. The molecule has 0 atom stereocenters. The van der Waals surface area contributed by atoms with Gasteiger partial charge in [-0.25, -0.2) is 0 Å². The van der Waals surface area contributed by atoms with E-state index in [9.17, 15) is 4.79 Å². The van der Waals surface area contributed by atoms with Crippen molar-refractivity contribution in [1.82, 2.24) is 14.7 Å². The molecular formula is C14H21N3O2. The maximum atomic E-state index is 10.9. The molecule has 0 saturated heterocycles. The largest absolute Gasteiger partial charge is 0.480 e. The van der Waals surface area contributed by atoms with Crippen LogP contribution in [0, 0.1) is 0 Å². The van der Waals surface area contributed by atoms with Crippen LogP contribution in [-0.4, -0.2) is 38.3 Å². The molecule has 5 heteroatoms.